The van der Waals surface area contributed by atoms with Crippen LogP contribution in [0.15, 0.2) is 12.2 Å². The molecule has 4 aliphatic carbocycles. The molecule has 4 fully saturated rings. The summed E-state index contributed by atoms with van der Waals surface area (Å²) in [6.07, 6.45) is 10.8. The second-order valence-electron chi connectivity index (χ2n) is 9.40. The van der Waals surface area contributed by atoms with Crippen LogP contribution in [0.5, 0.6) is 0 Å². The number of fused-ring (bicyclic) bond motifs is 3. The van der Waals surface area contributed by atoms with E-state index in [2.05, 4.69) is 13.5 Å². The highest BCUT2D eigenvalue weighted by atomic mass is 16.4. The Labute approximate surface area is 134 Å². The van der Waals surface area contributed by atoms with Crippen molar-refractivity contribution in [3.63, 3.8) is 0 Å². The molecule has 1 spiro atoms. The molecule has 0 aromatic carbocycles. The van der Waals surface area contributed by atoms with Crippen LogP contribution in [0.4, 0.5) is 0 Å². The van der Waals surface area contributed by atoms with E-state index in [9.17, 15) is 9.90 Å². The van der Waals surface area contributed by atoms with Crippen molar-refractivity contribution < 1.29 is 9.90 Å². The summed E-state index contributed by atoms with van der Waals surface area (Å²) < 4.78 is 0. The maximum Gasteiger partial charge on any atom is 0.309 e. The van der Waals surface area contributed by atoms with Gasteiger partial charge >= 0.3 is 5.97 Å². The van der Waals surface area contributed by atoms with E-state index < -0.39 is 11.4 Å². The van der Waals surface area contributed by atoms with Crippen molar-refractivity contribution in [2.75, 3.05) is 0 Å². The van der Waals surface area contributed by atoms with E-state index in [0.717, 1.165) is 31.1 Å². The molecule has 0 saturated heterocycles. The van der Waals surface area contributed by atoms with Gasteiger partial charge in [0.15, 0.2) is 0 Å². The van der Waals surface area contributed by atoms with Crippen LogP contribution in [0.2, 0.25) is 0 Å². The average molecular weight is 302 g/mol. The lowest BCUT2D eigenvalue weighted by atomic mass is 9.41. The molecular weight excluding hydrogens is 272 g/mol. The van der Waals surface area contributed by atoms with Crippen molar-refractivity contribution in [2.24, 2.45) is 34.0 Å². The molecule has 0 heterocycles. The number of carboxylic acid groups (broad SMARTS) is 1. The fourth-order valence-corrected chi connectivity index (χ4v) is 7.61. The van der Waals surface area contributed by atoms with E-state index in [0.29, 0.717) is 11.3 Å². The third kappa shape index (κ3) is 1.65. The summed E-state index contributed by atoms with van der Waals surface area (Å²) in [7, 11) is 0. The zero-order valence-corrected chi connectivity index (χ0v) is 14.2. The molecule has 0 radical (unpaired) electrons. The second-order valence-corrected chi connectivity index (χ2v) is 9.40. The molecule has 4 saturated carbocycles. The Morgan fingerprint density at radius 3 is 2.64 bits per heavy atom. The predicted molar refractivity (Wildman–Crippen MR) is 87.4 cm³/mol. The Morgan fingerprint density at radius 1 is 1.14 bits per heavy atom. The van der Waals surface area contributed by atoms with Crippen molar-refractivity contribution in [2.45, 2.75) is 71.6 Å². The highest BCUT2D eigenvalue weighted by Crippen LogP contribution is 2.72. The van der Waals surface area contributed by atoms with Crippen LogP contribution in [0.3, 0.4) is 0 Å². The lowest BCUT2D eigenvalue weighted by Gasteiger charge is -2.63. The molecule has 0 aliphatic heterocycles. The van der Waals surface area contributed by atoms with Crippen molar-refractivity contribution in [1.82, 2.24) is 0 Å². The van der Waals surface area contributed by atoms with Crippen molar-refractivity contribution in [1.29, 1.82) is 0 Å². The molecule has 0 aromatic rings. The van der Waals surface area contributed by atoms with Gasteiger partial charge in [0.25, 0.3) is 0 Å². The van der Waals surface area contributed by atoms with Crippen LogP contribution in [0.1, 0.15) is 71.6 Å². The first-order chi connectivity index (χ1) is 10.3. The Balaban J connectivity index is 1.75. The SMILES string of the molecule is C=C1C[C@]23CC[C@@H]4[C@@](C)(CCC[C@@]4(C)C(=O)O)[C@H]2CC[C@H]1C3. The van der Waals surface area contributed by atoms with Gasteiger partial charge in [-0.25, -0.2) is 0 Å². The van der Waals surface area contributed by atoms with Gasteiger partial charge in [-0.3, -0.25) is 4.79 Å². The molecule has 2 heteroatoms. The number of hydrogen-bond donors (Lipinski definition) is 1. The molecule has 4 rings (SSSR count). The van der Waals surface area contributed by atoms with Gasteiger partial charge in [-0.1, -0.05) is 25.5 Å². The summed E-state index contributed by atoms with van der Waals surface area (Å²) in [5, 5.41) is 9.90. The zero-order chi connectivity index (χ0) is 15.8. The minimum Gasteiger partial charge on any atom is -0.481 e. The van der Waals surface area contributed by atoms with Gasteiger partial charge in [0.2, 0.25) is 0 Å². The molecule has 1 N–H and O–H groups in total. The lowest BCUT2D eigenvalue weighted by molar-refractivity contribution is -0.181. The summed E-state index contributed by atoms with van der Waals surface area (Å²) in [4.78, 5) is 12.0. The van der Waals surface area contributed by atoms with Crippen LogP contribution in [-0.4, -0.2) is 11.1 Å². The Kier molecular flexibility index (Phi) is 2.95. The van der Waals surface area contributed by atoms with Crippen LogP contribution in [0.25, 0.3) is 0 Å². The van der Waals surface area contributed by atoms with E-state index >= 15 is 0 Å². The van der Waals surface area contributed by atoms with Crippen LogP contribution >= 0.6 is 0 Å². The van der Waals surface area contributed by atoms with E-state index in [1.54, 1.807) is 0 Å². The van der Waals surface area contributed by atoms with Crippen molar-refractivity contribution >= 4 is 5.97 Å². The summed E-state index contributed by atoms with van der Waals surface area (Å²) in [6.45, 7) is 8.86. The molecule has 122 valence electrons. The van der Waals surface area contributed by atoms with E-state index in [-0.39, 0.29) is 5.41 Å². The predicted octanol–water partition coefficient (Wildman–Crippen LogP) is 5.04. The zero-order valence-electron chi connectivity index (χ0n) is 14.2. The lowest BCUT2D eigenvalue weighted by Crippen LogP contribution is -2.58. The van der Waals surface area contributed by atoms with Crippen LogP contribution in [-0.2, 0) is 4.79 Å². The number of rotatable bonds is 1. The van der Waals surface area contributed by atoms with Crippen molar-refractivity contribution in [3.05, 3.63) is 12.2 Å². The highest BCUT2D eigenvalue weighted by Gasteiger charge is 2.64. The monoisotopic (exact) mass is 302 g/mol. The Hall–Kier alpha value is -0.790. The number of allylic oxidation sites excluding steroid dienone is 1. The molecule has 22 heavy (non-hydrogen) atoms. The molecular formula is C20H30O2. The molecule has 2 nitrogen and oxygen atoms in total. The Bertz CT molecular complexity index is 538. The van der Waals surface area contributed by atoms with Gasteiger partial charge in [0, 0.05) is 0 Å². The minimum absolute atomic E-state index is 0.235. The van der Waals surface area contributed by atoms with Crippen LogP contribution in [0, 0.1) is 34.0 Å². The molecule has 4 aliphatic rings. The highest BCUT2D eigenvalue weighted by molar-refractivity contribution is 5.75. The van der Waals surface area contributed by atoms with Crippen molar-refractivity contribution in [3.8, 4) is 0 Å². The number of carbonyl (C=O) groups is 1. The number of aliphatic carboxylic acids is 1. The van der Waals surface area contributed by atoms with Gasteiger partial charge in [-0.05, 0) is 86.9 Å². The topological polar surface area (TPSA) is 37.3 Å². The normalized spacial score (nSPS) is 53.7. The summed E-state index contributed by atoms with van der Waals surface area (Å²) in [5.41, 5.74) is 1.71. The van der Waals surface area contributed by atoms with Gasteiger partial charge in [-0.15, -0.1) is 0 Å². The maximum absolute atomic E-state index is 12.0. The fourth-order valence-electron chi connectivity index (χ4n) is 7.61. The maximum atomic E-state index is 12.0. The molecule has 0 aromatic heterocycles. The van der Waals surface area contributed by atoms with Gasteiger partial charge in [-0.2, -0.15) is 0 Å². The largest absolute Gasteiger partial charge is 0.481 e. The molecule has 6 atom stereocenters. The standard InChI is InChI=1S/C20H30O2/c1-13-11-20-10-7-15-18(2,16(20)6-5-14(13)12-20)8-4-9-19(15,3)17(21)22/h14-16H,1,4-12H2,2-3H3,(H,21,22)/t14-,15+,16+,18+,19+,20-/m0/s1. The van der Waals surface area contributed by atoms with Crippen LogP contribution < -0.4 is 0 Å². The second kappa shape index (κ2) is 4.39. The van der Waals surface area contributed by atoms with Gasteiger partial charge in [0.1, 0.15) is 0 Å². The minimum atomic E-state index is -0.552. The summed E-state index contributed by atoms with van der Waals surface area (Å²) >= 11 is 0. The van der Waals surface area contributed by atoms with E-state index in [1.807, 2.05) is 6.92 Å². The first-order valence-electron chi connectivity index (χ1n) is 9.23. The molecule has 0 amide bonds. The van der Waals surface area contributed by atoms with E-state index in [4.69, 9.17) is 0 Å². The smallest absolute Gasteiger partial charge is 0.309 e. The molecule has 2 bridgehead atoms. The fraction of sp³-hybridized carbons (Fsp3) is 0.850. The van der Waals surface area contributed by atoms with Gasteiger partial charge < -0.3 is 5.11 Å². The third-order valence-electron chi connectivity index (χ3n) is 8.54. The third-order valence-corrected chi connectivity index (χ3v) is 8.54. The summed E-state index contributed by atoms with van der Waals surface area (Å²) in [5.74, 6) is 1.32. The number of hydrogen-bond acceptors (Lipinski definition) is 1. The first kappa shape index (κ1) is 14.8. The molecule has 0 unspecified atom stereocenters. The average Bonchev–Trinajstić information content (AvgIpc) is 2.68. The van der Waals surface area contributed by atoms with Gasteiger partial charge in [0.05, 0.1) is 5.41 Å². The quantitative estimate of drug-likeness (QED) is 0.689. The Morgan fingerprint density at radius 2 is 1.91 bits per heavy atom. The number of carboxylic acids is 1. The first-order valence-corrected chi connectivity index (χ1v) is 9.23. The van der Waals surface area contributed by atoms with E-state index in [1.165, 1.54) is 44.1 Å². The summed E-state index contributed by atoms with van der Waals surface area (Å²) in [6, 6.07) is 0.